The highest BCUT2D eigenvalue weighted by molar-refractivity contribution is 7.91. The van der Waals surface area contributed by atoms with Crippen molar-refractivity contribution in [3.05, 3.63) is 51.6 Å². The maximum absolute atomic E-state index is 12.5. The maximum atomic E-state index is 12.5. The third-order valence-corrected chi connectivity index (χ3v) is 8.28. The molecule has 10 nitrogen and oxygen atoms in total. The summed E-state index contributed by atoms with van der Waals surface area (Å²) >= 11 is 0. The van der Waals surface area contributed by atoms with Gasteiger partial charge in [-0.3, -0.25) is 14.5 Å². The fraction of sp³-hybridized carbons (Fsp3) is 0.500. The van der Waals surface area contributed by atoms with E-state index in [0.717, 1.165) is 18.5 Å². The third kappa shape index (κ3) is 5.79. The number of fused-ring (bicyclic) bond motifs is 1. The summed E-state index contributed by atoms with van der Waals surface area (Å²) in [5.41, 5.74) is 1.96. The summed E-state index contributed by atoms with van der Waals surface area (Å²) in [5.74, 6) is 1.45. The Morgan fingerprint density at radius 2 is 1.86 bits per heavy atom. The van der Waals surface area contributed by atoms with Crippen LogP contribution in [0.15, 0.2) is 33.7 Å². The number of carbonyl (C=O) groups is 1. The summed E-state index contributed by atoms with van der Waals surface area (Å²) in [6, 6.07) is 4.98. The van der Waals surface area contributed by atoms with Gasteiger partial charge in [-0.2, -0.15) is 0 Å². The maximum Gasteiger partial charge on any atom is 0.260 e. The molecular weight excluding hydrogens is 476 g/mol. The second-order valence-corrected chi connectivity index (χ2v) is 11.1. The summed E-state index contributed by atoms with van der Waals surface area (Å²) in [6.07, 6.45) is 2.46. The molecular formula is C24H30N2O8S. The molecule has 0 aliphatic carbocycles. The lowest BCUT2D eigenvalue weighted by molar-refractivity contribution is -0.133. The van der Waals surface area contributed by atoms with Gasteiger partial charge < -0.3 is 23.5 Å². The van der Waals surface area contributed by atoms with Gasteiger partial charge in [0.1, 0.15) is 12.0 Å². The Labute approximate surface area is 204 Å². The lowest BCUT2D eigenvalue weighted by Crippen LogP contribution is -2.40. The minimum Gasteiger partial charge on any atom is -0.493 e. The molecule has 3 heterocycles. The predicted octanol–water partition coefficient (Wildman–Crippen LogP) is 1.24. The monoisotopic (exact) mass is 506 g/mol. The first kappa shape index (κ1) is 25.1. The van der Waals surface area contributed by atoms with Crippen molar-refractivity contribution in [3.63, 3.8) is 0 Å². The number of rotatable bonds is 8. The van der Waals surface area contributed by atoms with E-state index in [1.165, 1.54) is 22.8 Å². The fourth-order valence-electron chi connectivity index (χ4n) is 4.45. The average molecular weight is 507 g/mol. The van der Waals surface area contributed by atoms with E-state index in [1.54, 1.807) is 21.3 Å². The molecule has 190 valence electrons. The number of carbonyl (C=O) groups excluding carboxylic acids is 1. The van der Waals surface area contributed by atoms with E-state index in [2.05, 4.69) is 4.90 Å². The zero-order valence-electron chi connectivity index (χ0n) is 20.1. The van der Waals surface area contributed by atoms with Gasteiger partial charge in [0.25, 0.3) is 5.91 Å². The molecule has 1 aromatic heterocycles. The van der Waals surface area contributed by atoms with Crippen molar-refractivity contribution in [2.45, 2.75) is 32.0 Å². The summed E-state index contributed by atoms with van der Waals surface area (Å²) < 4.78 is 45.1. The molecule has 2 aliphatic rings. The lowest BCUT2D eigenvalue weighted by atomic mass is 9.98. The molecule has 1 aromatic carbocycles. The Kier molecular flexibility index (Phi) is 7.36. The van der Waals surface area contributed by atoms with Crippen molar-refractivity contribution in [2.75, 3.05) is 45.9 Å². The van der Waals surface area contributed by atoms with E-state index in [4.69, 9.17) is 18.6 Å². The molecule has 4 rings (SSSR count). The van der Waals surface area contributed by atoms with Crippen LogP contribution in [0.4, 0.5) is 0 Å². The van der Waals surface area contributed by atoms with Crippen LogP contribution in [0.3, 0.4) is 0 Å². The van der Waals surface area contributed by atoms with E-state index >= 15 is 0 Å². The van der Waals surface area contributed by atoms with E-state index < -0.39 is 15.7 Å². The Morgan fingerprint density at radius 3 is 2.49 bits per heavy atom. The lowest BCUT2D eigenvalue weighted by Gasteiger charge is -2.29. The zero-order valence-corrected chi connectivity index (χ0v) is 20.9. The van der Waals surface area contributed by atoms with Gasteiger partial charge >= 0.3 is 0 Å². The standard InChI is InChI=1S/C24H30N2O8S/c1-25(18-5-7-35(29,30)15-18)24(28)14-34-23-13-33-19(10-20(23)27)12-26-6-4-16-8-21(31-2)22(32-3)9-17(16)11-26/h8-10,13,18H,4-7,11-12,14-15H2,1-3H3/t18-/m0/s1. The molecule has 0 unspecified atom stereocenters. The highest BCUT2D eigenvalue weighted by Gasteiger charge is 2.32. The van der Waals surface area contributed by atoms with Gasteiger partial charge in [0, 0.05) is 32.2 Å². The van der Waals surface area contributed by atoms with Crippen molar-refractivity contribution in [3.8, 4) is 17.2 Å². The van der Waals surface area contributed by atoms with Gasteiger partial charge in [-0.05, 0) is 36.1 Å². The molecule has 1 atom stereocenters. The minimum absolute atomic E-state index is 0.0482. The van der Waals surface area contributed by atoms with Crippen LogP contribution in [-0.2, 0) is 34.1 Å². The molecule has 0 saturated carbocycles. The van der Waals surface area contributed by atoms with Crippen LogP contribution in [0.1, 0.15) is 23.3 Å². The summed E-state index contributed by atoms with van der Waals surface area (Å²) in [6.45, 7) is 1.55. The van der Waals surface area contributed by atoms with E-state index in [9.17, 15) is 18.0 Å². The Hall–Kier alpha value is -3.05. The SMILES string of the molecule is COc1cc2c(cc1OC)CN(Cc1cc(=O)c(OCC(=O)N(C)[C@H]3CCS(=O)(=O)C3)co1)CC2. The molecule has 2 aliphatic heterocycles. The quantitative estimate of drug-likeness (QED) is 0.521. The normalized spacial score (nSPS) is 19.1. The number of amides is 1. The number of benzene rings is 1. The van der Waals surface area contributed by atoms with Crippen LogP contribution in [0.25, 0.3) is 0 Å². The van der Waals surface area contributed by atoms with Crippen molar-refractivity contribution in [2.24, 2.45) is 0 Å². The molecule has 1 amide bonds. The smallest absolute Gasteiger partial charge is 0.260 e. The molecule has 0 N–H and O–H groups in total. The van der Waals surface area contributed by atoms with E-state index in [-0.39, 0.29) is 35.3 Å². The molecule has 1 saturated heterocycles. The largest absolute Gasteiger partial charge is 0.493 e. The summed E-state index contributed by atoms with van der Waals surface area (Å²) in [5, 5.41) is 0. The van der Waals surface area contributed by atoms with Crippen molar-refractivity contribution >= 4 is 15.7 Å². The van der Waals surface area contributed by atoms with Crippen LogP contribution in [0, 0.1) is 0 Å². The number of nitrogens with zero attached hydrogens (tertiary/aromatic N) is 2. The van der Waals surface area contributed by atoms with Gasteiger partial charge in [-0.25, -0.2) is 8.42 Å². The first-order chi connectivity index (χ1) is 16.7. The van der Waals surface area contributed by atoms with Crippen LogP contribution >= 0.6 is 0 Å². The highest BCUT2D eigenvalue weighted by Crippen LogP contribution is 2.33. The molecule has 2 aromatic rings. The predicted molar refractivity (Wildman–Crippen MR) is 128 cm³/mol. The third-order valence-electron chi connectivity index (χ3n) is 6.53. The first-order valence-electron chi connectivity index (χ1n) is 11.4. The number of sulfone groups is 1. The second kappa shape index (κ2) is 10.3. The number of hydrogen-bond acceptors (Lipinski definition) is 9. The highest BCUT2D eigenvalue weighted by atomic mass is 32.2. The number of methoxy groups -OCH3 is 2. The molecule has 0 radical (unpaired) electrons. The summed E-state index contributed by atoms with van der Waals surface area (Å²) in [7, 11) is 1.66. The van der Waals surface area contributed by atoms with Gasteiger partial charge in [0.15, 0.2) is 27.9 Å². The average Bonchev–Trinajstić information content (AvgIpc) is 3.21. The fourth-order valence-corrected chi connectivity index (χ4v) is 6.22. The Balaban J connectivity index is 1.34. The molecule has 1 fully saturated rings. The van der Waals surface area contributed by atoms with Gasteiger partial charge in [0.05, 0.1) is 32.3 Å². The van der Waals surface area contributed by atoms with Gasteiger partial charge in [-0.15, -0.1) is 0 Å². The summed E-state index contributed by atoms with van der Waals surface area (Å²) in [4.78, 5) is 28.5. The van der Waals surface area contributed by atoms with E-state index in [0.29, 0.717) is 36.8 Å². The number of hydrogen-bond donors (Lipinski definition) is 0. The van der Waals surface area contributed by atoms with Crippen molar-refractivity contribution in [1.82, 2.24) is 9.80 Å². The van der Waals surface area contributed by atoms with Gasteiger partial charge in [-0.1, -0.05) is 0 Å². The molecule has 0 spiro atoms. The zero-order chi connectivity index (χ0) is 25.2. The number of ether oxygens (including phenoxy) is 3. The van der Waals surface area contributed by atoms with Gasteiger partial charge in [0.2, 0.25) is 11.2 Å². The van der Waals surface area contributed by atoms with Crippen LogP contribution in [-0.4, -0.2) is 76.1 Å². The second-order valence-electron chi connectivity index (χ2n) is 8.86. The van der Waals surface area contributed by atoms with Crippen molar-refractivity contribution < 1.29 is 31.8 Å². The van der Waals surface area contributed by atoms with Crippen LogP contribution in [0.2, 0.25) is 0 Å². The number of likely N-dealkylation sites (N-methyl/N-ethyl adjacent to an activating group) is 1. The van der Waals surface area contributed by atoms with Crippen LogP contribution in [0.5, 0.6) is 17.2 Å². The topological polar surface area (TPSA) is 116 Å². The van der Waals surface area contributed by atoms with E-state index in [1.807, 2.05) is 12.1 Å². The molecule has 11 heteroatoms. The Bertz CT molecular complexity index is 1260. The molecule has 0 bridgehead atoms. The molecule has 35 heavy (non-hydrogen) atoms. The van der Waals surface area contributed by atoms with Crippen LogP contribution < -0.4 is 19.6 Å². The minimum atomic E-state index is -3.10. The van der Waals surface area contributed by atoms with Crippen molar-refractivity contribution in [1.29, 1.82) is 0 Å². The Morgan fingerprint density at radius 1 is 1.14 bits per heavy atom. The first-order valence-corrected chi connectivity index (χ1v) is 13.2.